The highest BCUT2D eigenvalue weighted by atomic mass is 32.2. The molecule has 0 saturated heterocycles. The molecule has 0 aromatic heterocycles. The van der Waals surface area contributed by atoms with Gasteiger partial charge in [-0.3, -0.25) is 4.79 Å². The molecule has 0 bridgehead atoms. The van der Waals surface area contributed by atoms with Crippen LogP contribution in [0.25, 0.3) is 0 Å². The molecule has 0 radical (unpaired) electrons. The number of ether oxygens (including phenoxy) is 2. The third-order valence-electron chi connectivity index (χ3n) is 3.31. The topological polar surface area (TPSA) is 93.7 Å². The number of amides is 1. The van der Waals surface area contributed by atoms with E-state index in [0.29, 0.717) is 11.5 Å². The van der Waals surface area contributed by atoms with Crippen molar-refractivity contribution in [3.05, 3.63) is 18.2 Å². The minimum Gasteiger partial charge on any atom is -0.493 e. The van der Waals surface area contributed by atoms with Crippen molar-refractivity contribution in [3.63, 3.8) is 0 Å². The van der Waals surface area contributed by atoms with Crippen molar-refractivity contribution in [2.24, 2.45) is 0 Å². The summed E-state index contributed by atoms with van der Waals surface area (Å²) in [5.41, 5.74) is 0. The summed E-state index contributed by atoms with van der Waals surface area (Å²) in [5, 5.41) is 2.76. The summed E-state index contributed by atoms with van der Waals surface area (Å²) in [6.07, 6.45) is 1.89. The van der Waals surface area contributed by atoms with E-state index in [0.717, 1.165) is 12.8 Å². The number of hydrogen-bond donors (Lipinski definition) is 2. The zero-order valence-electron chi connectivity index (χ0n) is 12.8. The fraction of sp³-hybridized carbons (Fsp3) is 0.500. The molecule has 2 N–H and O–H groups in total. The summed E-state index contributed by atoms with van der Waals surface area (Å²) < 4.78 is 37.2. The smallest absolute Gasteiger partial charge is 0.241 e. The van der Waals surface area contributed by atoms with Gasteiger partial charge in [-0.1, -0.05) is 0 Å². The van der Waals surface area contributed by atoms with Crippen molar-refractivity contribution >= 4 is 15.9 Å². The normalized spacial score (nSPS) is 16.0. The first-order valence-electron chi connectivity index (χ1n) is 6.92. The molecule has 0 spiro atoms. The maximum atomic E-state index is 12.3. The first-order chi connectivity index (χ1) is 10.4. The molecule has 8 heteroatoms. The van der Waals surface area contributed by atoms with Crippen molar-refractivity contribution in [1.82, 2.24) is 10.0 Å². The fourth-order valence-corrected chi connectivity index (χ4v) is 3.11. The summed E-state index contributed by atoms with van der Waals surface area (Å²) >= 11 is 0. The predicted octanol–water partition coefficient (Wildman–Crippen LogP) is 0.649. The molecule has 22 heavy (non-hydrogen) atoms. The van der Waals surface area contributed by atoms with Gasteiger partial charge < -0.3 is 14.8 Å². The van der Waals surface area contributed by atoms with E-state index in [2.05, 4.69) is 10.0 Å². The largest absolute Gasteiger partial charge is 0.493 e. The predicted molar refractivity (Wildman–Crippen MR) is 80.5 cm³/mol. The molecule has 1 aliphatic carbocycles. The van der Waals surface area contributed by atoms with Crippen molar-refractivity contribution in [2.75, 3.05) is 14.2 Å². The number of carbonyl (C=O) groups is 1. The van der Waals surface area contributed by atoms with Crippen LogP contribution in [0.1, 0.15) is 19.8 Å². The van der Waals surface area contributed by atoms with E-state index in [1.165, 1.54) is 39.3 Å². The second kappa shape index (κ2) is 6.53. The lowest BCUT2D eigenvalue weighted by Gasteiger charge is -2.15. The van der Waals surface area contributed by atoms with Crippen molar-refractivity contribution in [2.45, 2.75) is 36.7 Å². The monoisotopic (exact) mass is 328 g/mol. The van der Waals surface area contributed by atoms with E-state index < -0.39 is 16.1 Å². The van der Waals surface area contributed by atoms with Crippen LogP contribution in [0.5, 0.6) is 11.5 Å². The first kappa shape index (κ1) is 16.6. The van der Waals surface area contributed by atoms with Crippen LogP contribution in [0.15, 0.2) is 23.1 Å². The van der Waals surface area contributed by atoms with Crippen molar-refractivity contribution in [3.8, 4) is 11.5 Å². The van der Waals surface area contributed by atoms with Crippen LogP contribution in [-0.4, -0.2) is 40.6 Å². The molecule has 1 aliphatic rings. The maximum absolute atomic E-state index is 12.3. The molecule has 1 atom stereocenters. The van der Waals surface area contributed by atoms with Crippen molar-refractivity contribution < 1.29 is 22.7 Å². The minimum absolute atomic E-state index is 0.0104. The summed E-state index contributed by atoms with van der Waals surface area (Å²) in [6, 6.07) is 3.59. The number of benzene rings is 1. The van der Waals surface area contributed by atoms with Crippen molar-refractivity contribution in [1.29, 1.82) is 0 Å². The average Bonchev–Trinajstić information content (AvgIpc) is 3.29. The van der Waals surface area contributed by atoms with Crippen LogP contribution in [0, 0.1) is 0 Å². The van der Waals surface area contributed by atoms with Gasteiger partial charge in [-0.05, 0) is 31.9 Å². The van der Waals surface area contributed by atoms with Gasteiger partial charge in [0.15, 0.2) is 11.5 Å². The molecule has 1 fully saturated rings. The lowest BCUT2D eigenvalue weighted by Crippen LogP contribution is -2.45. The third-order valence-corrected chi connectivity index (χ3v) is 4.85. The van der Waals surface area contributed by atoms with E-state index in [1.807, 2.05) is 0 Å². The number of hydrogen-bond acceptors (Lipinski definition) is 5. The zero-order valence-corrected chi connectivity index (χ0v) is 13.6. The summed E-state index contributed by atoms with van der Waals surface area (Å²) in [6.45, 7) is 1.51. The van der Waals surface area contributed by atoms with Crippen LogP contribution < -0.4 is 19.5 Å². The highest BCUT2D eigenvalue weighted by Gasteiger charge is 2.28. The molecular formula is C14H20N2O5S. The molecule has 2 rings (SSSR count). The Morgan fingerprint density at radius 2 is 1.86 bits per heavy atom. The Labute approximate surface area is 130 Å². The molecule has 7 nitrogen and oxygen atoms in total. The zero-order chi connectivity index (χ0) is 16.3. The number of rotatable bonds is 7. The highest BCUT2D eigenvalue weighted by Crippen LogP contribution is 2.29. The van der Waals surface area contributed by atoms with Gasteiger partial charge in [0.1, 0.15) is 0 Å². The van der Waals surface area contributed by atoms with Gasteiger partial charge in [-0.2, -0.15) is 4.72 Å². The van der Waals surface area contributed by atoms with E-state index in [1.54, 1.807) is 0 Å². The van der Waals surface area contributed by atoms with Gasteiger partial charge in [-0.15, -0.1) is 0 Å². The van der Waals surface area contributed by atoms with E-state index in [-0.39, 0.29) is 16.8 Å². The Morgan fingerprint density at radius 3 is 2.41 bits per heavy atom. The Balaban J connectivity index is 2.13. The van der Waals surface area contributed by atoms with Crippen LogP contribution >= 0.6 is 0 Å². The number of sulfonamides is 1. The molecular weight excluding hydrogens is 308 g/mol. The standard InChI is InChI=1S/C14H20N2O5S/c1-9(14(17)15-10-4-5-10)16-22(18,19)11-6-7-12(20-2)13(8-11)21-3/h6-10,16H,4-5H2,1-3H3,(H,15,17)/t9-/m1/s1. The SMILES string of the molecule is COc1ccc(S(=O)(=O)N[C@H](C)C(=O)NC2CC2)cc1OC. The molecule has 1 saturated carbocycles. The van der Waals surface area contributed by atoms with Crippen LogP contribution in [0.2, 0.25) is 0 Å². The molecule has 1 amide bonds. The maximum Gasteiger partial charge on any atom is 0.241 e. The van der Waals surface area contributed by atoms with Crippen LogP contribution in [0.3, 0.4) is 0 Å². The molecule has 0 unspecified atom stereocenters. The third kappa shape index (κ3) is 3.89. The van der Waals surface area contributed by atoms with Gasteiger partial charge in [0.2, 0.25) is 15.9 Å². The first-order valence-corrected chi connectivity index (χ1v) is 8.40. The van der Waals surface area contributed by atoms with Gasteiger partial charge in [0.25, 0.3) is 0 Å². The summed E-state index contributed by atoms with van der Waals surface area (Å²) in [7, 11) is -0.933. The minimum atomic E-state index is -3.82. The summed E-state index contributed by atoms with van der Waals surface area (Å²) in [5.74, 6) is 0.410. The van der Waals surface area contributed by atoms with E-state index in [4.69, 9.17) is 9.47 Å². The molecule has 1 aromatic rings. The van der Waals surface area contributed by atoms with Gasteiger partial charge >= 0.3 is 0 Å². The Bertz CT molecular complexity index is 655. The van der Waals surface area contributed by atoms with Crippen LogP contribution in [0.4, 0.5) is 0 Å². The Hall–Kier alpha value is -1.80. The van der Waals surface area contributed by atoms with Gasteiger partial charge in [0, 0.05) is 12.1 Å². The highest BCUT2D eigenvalue weighted by molar-refractivity contribution is 7.89. The number of carbonyl (C=O) groups excluding carboxylic acids is 1. The van der Waals surface area contributed by atoms with Gasteiger partial charge in [0.05, 0.1) is 25.2 Å². The lowest BCUT2D eigenvalue weighted by atomic mass is 10.3. The molecule has 0 aliphatic heterocycles. The summed E-state index contributed by atoms with van der Waals surface area (Å²) in [4.78, 5) is 11.9. The Morgan fingerprint density at radius 1 is 1.23 bits per heavy atom. The average molecular weight is 328 g/mol. The molecule has 122 valence electrons. The quantitative estimate of drug-likeness (QED) is 0.766. The van der Waals surface area contributed by atoms with E-state index in [9.17, 15) is 13.2 Å². The molecule has 1 aromatic carbocycles. The van der Waals surface area contributed by atoms with Crippen LogP contribution in [-0.2, 0) is 14.8 Å². The number of methoxy groups -OCH3 is 2. The lowest BCUT2D eigenvalue weighted by molar-refractivity contribution is -0.122. The molecule has 0 heterocycles. The number of nitrogens with one attached hydrogen (secondary N) is 2. The van der Waals surface area contributed by atoms with Gasteiger partial charge in [-0.25, -0.2) is 8.42 Å². The second-order valence-electron chi connectivity index (χ2n) is 5.14. The fourth-order valence-electron chi connectivity index (χ4n) is 1.89. The Kier molecular flexibility index (Phi) is 4.92. The van der Waals surface area contributed by atoms with E-state index >= 15 is 0 Å². The second-order valence-corrected chi connectivity index (χ2v) is 6.86.